The van der Waals surface area contributed by atoms with E-state index >= 15 is 0 Å². The van der Waals surface area contributed by atoms with E-state index in [2.05, 4.69) is 29.8 Å². The molecule has 0 unspecified atom stereocenters. The average Bonchev–Trinajstić information content (AvgIpc) is 2.39. The van der Waals surface area contributed by atoms with Crippen molar-refractivity contribution in [2.45, 2.75) is 45.6 Å². The topological polar surface area (TPSA) is 20.2 Å². The zero-order valence-electron chi connectivity index (χ0n) is 11.3. The quantitative estimate of drug-likeness (QED) is 0.428. The van der Waals surface area contributed by atoms with Crippen molar-refractivity contribution in [3.63, 3.8) is 0 Å². The van der Waals surface area contributed by atoms with Gasteiger partial charge in [-0.15, -0.1) is 0 Å². The smallest absolute Gasteiger partial charge is 0.0537 e. The summed E-state index contributed by atoms with van der Waals surface area (Å²) in [7, 11) is 0. The highest BCUT2D eigenvalue weighted by atomic mass is 16.3. The minimum Gasteiger partial charge on any atom is -0.393 e. The summed E-state index contributed by atoms with van der Waals surface area (Å²) in [6.07, 6.45) is 15.0. The molecule has 0 aromatic heterocycles. The van der Waals surface area contributed by atoms with Crippen molar-refractivity contribution in [3.8, 4) is 23.7 Å². The zero-order valence-corrected chi connectivity index (χ0v) is 11.3. The molecule has 0 aliphatic carbocycles. The van der Waals surface area contributed by atoms with E-state index < -0.39 is 0 Å². The number of aliphatic hydroxyl groups is 1. The number of hydrogen-bond acceptors (Lipinski definition) is 1. The largest absolute Gasteiger partial charge is 0.393 e. The summed E-state index contributed by atoms with van der Waals surface area (Å²) in [5.74, 6) is 11.1. The summed E-state index contributed by atoms with van der Waals surface area (Å²) in [6, 6.07) is 0. The van der Waals surface area contributed by atoms with Crippen molar-refractivity contribution in [2.24, 2.45) is 0 Å². The van der Waals surface area contributed by atoms with E-state index in [0.29, 0.717) is 0 Å². The first-order chi connectivity index (χ1) is 8.81. The summed E-state index contributed by atoms with van der Waals surface area (Å²) < 4.78 is 0. The van der Waals surface area contributed by atoms with Crippen molar-refractivity contribution in [2.75, 3.05) is 0 Å². The van der Waals surface area contributed by atoms with Crippen LogP contribution >= 0.6 is 0 Å². The molecule has 18 heavy (non-hydrogen) atoms. The molecule has 0 heterocycles. The Morgan fingerprint density at radius 2 is 1.83 bits per heavy atom. The molecule has 1 N–H and O–H groups in total. The first-order valence-electron chi connectivity index (χ1n) is 6.43. The van der Waals surface area contributed by atoms with Crippen LogP contribution in [0.4, 0.5) is 0 Å². The highest BCUT2D eigenvalue weighted by Crippen LogP contribution is 2.04. The van der Waals surface area contributed by atoms with Crippen LogP contribution in [-0.2, 0) is 0 Å². The predicted molar refractivity (Wildman–Crippen MR) is 78.8 cm³/mol. The molecule has 0 rings (SSSR count). The molecule has 0 saturated heterocycles. The molecule has 0 aromatic rings. The Hall–Kier alpha value is -1.70. The summed E-state index contributed by atoms with van der Waals surface area (Å²) in [5.41, 5.74) is 0. The maximum Gasteiger partial charge on any atom is 0.0537 e. The lowest BCUT2D eigenvalue weighted by atomic mass is 10.1. The summed E-state index contributed by atoms with van der Waals surface area (Å²) in [6.45, 7) is 3.92. The summed E-state index contributed by atoms with van der Waals surface area (Å²) in [4.78, 5) is 0. The Morgan fingerprint density at radius 1 is 1.11 bits per heavy atom. The first-order valence-corrected chi connectivity index (χ1v) is 6.43. The summed E-state index contributed by atoms with van der Waals surface area (Å²) in [5, 5.41) is 9.35. The van der Waals surface area contributed by atoms with Gasteiger partial charge in [0.05, 0.1) is 6.10 Å². The Labute approximate surface area is 111 Å². The molecule has 0 aliphatic heterocycles. The van der Waals surface area contributed by atoms with E-state index in [1.807, 2.05) is 32.1 Å². The van der Waals surface area contributed by atoms with Crippen LogP contribution in [-0.4, -0.2) is 11.2 Å². The van der Waals surface area contributed by atoms with Gasteiger partial charge in [-0.1, -0.05) is 43.1 Å². The number of rotatable bonds is 6. The normalized spacial score (nSPS) is 12.4. The van der Waals surface area contributed by atoms with Crippen LogP contribution in [0.3, 0.4) is 0 Å². The zero-order chi connectivity index (χ0) is 13.5. The van der Waals surface area contributed by atoms with Crippen LogP contribution < -0.4 is 0 Å². The van der Waals surface area contributed by atoms with Gasteiger partial charge in [-0.2, -0.15) is 0 Å². The van der Waals surface area contributed by atoms with Crippen LogP contribution in [0.25, 0.3) is 0 Å². The highest BCUT2D eigenvalue weighted by Gasteiger charge is 1.97. The van der Waals surface area contributed by atoms with Gasteiger partial charge in [0, 0.05) is 0 Å². The van der Waals surface area contributed by atoms with Crippen LogP contribution in [0, 0.1) is 23.7 Å². The van der Waals surface area contributed by atoms with Crippen molar-refractivity contribution >= 4 is 0 Å². The molecule has 0 bridgehead atoms. The second kappa shape index (κ2) is 13.4. The number of unbranched alkanes of at least 4 members (excludes halogenated alkanes) is 1. The van der Waals surface area contributed by atoms with E-state index in [0.717, 1.165) is 25.7 Å². The van der Waals surface area contributed by atoms with Gasteiger partial charge in [0.1, 0.15) is 0 Å². The molecule has 0 aliphatic rings. The molecule has 0 saturated carbocycles. The Morgan fingerprint density at radius 3 is 2.50 bits per heavy atom. The lowest BCUT2D eigenvalue weighted by molar-refractivity contribution is 0.158. The molecule has 0 aromatic carbocycles. The van der Waals surface area contributed by atoms with E-state index in [1.165, 1.54) is 0 Å². The minimum atomic E-state index is -0.143. The van der Waals surface area contributed by atoms with Gasteiger partial charge in [0.25, 0.3) is 0 Å². The van der Waals surface area contributed by atoms with Gasteiger partial charge in [-0.25, -0.2) is 0 Å². The lowest BCUT2D eigenvalue weighted by Gasteiger charge is -2.04. The second-order valence-electron chi connectivity index (χ2n) is 3.82. The molecule has 0 radical (unpaired) electrons. The standard InChI is InChI=1S/C17H22O/c1-3-5-6-7-8-9-10-11-12-13-14-15-16-17(18)4-2/h3,5,10-13,17-18H,4,14-16H2,1-2H3/t17-/m0/s1. The van der Waals surface area contributed by atoms with Crippen molar-refractivity contribution in [3.05, 3.63) is 36.5 Å². The molecule has 1 heteroatoms. The molecule has 0 fully saturated rings. The third-order valence-corrected chi connectivity index (χ3v) is 2.26. The van der Waals surface area contributed by atoms with E-state index in [4.69, 9.17) is 0 Å². The maximum absolute atomic E-state index is 9.35. The van der Waals surface area contributed by atoms with E-state index in [9.17, 15) is 5.11 Å². The van der Waals surface area contributed by atoms with Gasteiger partial charge >= 0.3 is 0 Å². The third-order valence-electron chi connectivity index (χ3n) is 2.26. The average molecular weight is 242 g/mol. The van der Waals surface area contributed by atoms with Crippen LogP contribution in [0.5, 0.6) is 0 Å². The fraction of sp³-hybridized carbons (Fsp3) is 0.412. The van der Waals surface area contributed by atoms with Gasteiger partial charge in [0.15, 0.2) is 0 Å². The maximum atomic E-state index is 9.35. The molecular weight excluding hydrogens is 220 g/mol. The van der Waals surface area contributed by atoms with E-state index in [-0.39, 0.29) is 6.10 Å². The minimum absolute atomic E-state index is 0.143. The number of aliphatic hydroxyl groups excluding tert-OH is 1. The Balaban J connectivity index is 3.67. The van der Waals surface area contributed by atoms with Gasteiger partial charge < -0.3 is 5.11 Å². The fourth-order valence-electron chi connectivity index (χ4n) is 1.19. The van der Waals surface area contributed by atoms with Crippen LogP contribution in [0.15, 0.2) is 36.5 Å². The van der Waals surface area contributed by atoms with Gasteiger partial charge in [-0.05, 0) is 56.6 Å². The fourth-order valence-corrected chi connectivity index (χ4v) is 1.19. The lowest BCUT2D eigenvalue weighted by Crippen LogP contribution is -2.02. The predicted octanol–water partition coefficient (Wildman–Crippen LogP) is 3.62. The van der Waals surface area contributed by atoms with Crippen LogP contribution in [0.1, 0.15) is 39.5 Å². The molecule has 0 amide bonds. The van der Waals surface area contributed by atoms with Gasteiger partial charge in [0.2, 0.25) is 0 Å². The number of allylic oxidation sites excluding steroid dienone is 6. The Kier molecular flexibility index (Phi) is 12.1. The third kappa shape index (κ3) is 12.4. The van der Waals surface area contributed by atoms with Crippen molar-refractivity contribution in [1.29, 1.82) is 0 Å². The van der Waals surface area contributed by atoms with Crippen LogP contribution in [0.2, 0.25) is 0 Å². The first kappa shape index (κ1) is 16.3. The molecule has 1 nitrogen and oxygen atoms in total. The monoisotopic (exact) mass is 242 g/mol. The number of hydrogen-bond donors (Lipinski definition) is 1. The molecule has 96 valence electrons. The second-order valence-corrected chi connectivity index (χ2v) is 3.82. The van der Waals surface area contributed by atoms with Crippen molar-refractivity contribution in [1.82, 2.24) is 0 Å². The SMILES string of the molecule is CC=CC#CC#CC=CC=CCCC[C@@H](O)CC. The molecule has 1 atom stereocenters. The van der Waals surface area contributed by atoms with E-state index in [1.54, 1.807) is 12.2 Å². The highest BCUT2D eigenvalue weighted by molar-refractivity contribution is 5.34. The van der Waals surface area contributed by atoms with Crippen molar-refractivity contribution < 1.29 is 5.11 Å². The summed E-state index contributed by atoms with van der Waals surface area (Å²) >= 11 is 0. The molecular formula is C17H22O. The Bertz CT molecular complexity index is 391. The van der Waals surface area contributed by atoms with Gasteiger partial charge in [-0.3, -0.25) is 0 Å². The molecule has 0 spiro atoms.